The zero-order valence-corrected chi connectivity index (χ0v) is 12.6. The fourth-order valence-electron chi connectivity index (χ4n) is 3.10. The molecular formula is C15H24N2S. The van der Waals surface area contributed by atoms with Crippen LogP contribution in [0.4, 0.5) is 0 Å². The van der Waals surface area contributed by atoms with Crippen LogP contribution in [-0.2, 0) is 18.4 Å². The summed E-state index contributed by atoms with van der Waals surface area (Å²) in [7, 11) is 0. The van der Waals surface area contributed by atoms with Gasteiger partial charge in [-0.3, -0.25) is 0 Å². The average molecular weight is 264 g/mol. The lowest BCUT2D eigenvalue weighted by molar-refractivity contribution is 0.216. The van der Waals surface area contributed by atoms with Crippen LogP contribution in [0, 0.1) is 11.3 Å². The highest BCUT2D eigenvalue weighted by Crippen LogP contribution is 2.44. The summed E-state index contributed by atoms with van der Waals surface area (Å²) in [5, 5.41) is 1.22. The van der Waals surface area contributed by atoms with Crippen molar-refractivity contribution in [2.24, 2.45) is 17.1 Å². The lowest BCUT2D eigenvalue weighted by Crippen LogP contribution is -2.43. The standard InChI is InChI=1S/C15H24N2S/c1-14(2,3)10-5-6-11-12(9-10)18-13(17-11)15(16)7-4-8-15/h10H,4-9,16H2,1-3H3. The van der Waals surface area contributed by atoms with Gasteiger partial charge in [0.1, 0.15) is 5.01 Å². The van der Waals surface area contributed by atoms with Crippen LogP contribution < -0.4 is 5.73 Å². The fourth-order valence-corrected chi connectivity index (χ4v) is 4.45. The second-order valence-electron chi connectivity index (χ2n) is 7.20. The third kappa shape index (κ3) is 2.01. The SMILES string of the molecule is CC(C)(C)C1CCc2nc(C3(N)CCC3)sc2C1. The van der Waals surface area contributed by atoms with Crippen molar-refractivity contribution in [3.8, 4) is 0 Å². The smallest absolute Gasteiger partial charge is 0.113 e. The van der Waals surface area contributed by atoms with E-state index in [4.69, 9.17) is 10.7 Å². The van der Waals surface area contributed by atoms with Gasteiger partial charge in [-0.15, -0.1) is 11.3 Å². The Morgan fingerprint density at radius 1 is 1.33 bits per heavy atom. The molecule has 100 valence electrons. The Labute approximate surface area is 114 Å². The summed E-state index contributed by atoms with van der Waals surface area (Å²) in [6, 6.07) is 0. The van der Waals surface area contributed by atoms with E-state index in [9.17, 15) is 0 Å². The Hall–Kier alpha value is -0.410. The first-order valence-corrected chi connectivity index (χ1v) is 7.98. The second kappa shape index (κ2) is 4.04. The van der Waals surface area contributed by atoms with Gasteiger partial charge in [0.25, 0.3) is 0 Å². The highest BCUT2D eigenvalue weighted by Gasteiger charge is 2.39. The summed E-state index contributed by atoms with van der Waals surface area (Å²) in [5.74, 6) is 0.799. The predicted octanol–water partition coefficient (Wildman–Crippen LogP) is 3.63. The molecule has 0 spiro atoms. The van der Waals surface area contributed by atoms with Gasteiger partial charge in [-0.1, -0.05) is 20.8 Å². The molecule has 1 heterocycles. The summed E-state index contributed by atoms with van der Waals surface area (Å²) in [5.41, 5.74) is 8.10. The number of aromatic nitrogens is 1. The summed E-state index contributed by atoms with van der Waals surface area (Å²) >= 11 is 1.90. The van der Waals surface area contributed by atoms with Crippen LogP contribution >= 0.6 is 11.3 Å². The van der Waals surface area contributed by atoms with Gasteiger partial charge in [-0.2, -0.15) is 0 Å². The molecule has 3 rings (SSSR count). The zero-order valence-electron chi connectivity index (χ0n) is 11.8. The quantitative estimate of drug-likeness (QED) is 0.841. The van der Waals surface area contributed by atoms with E-state index < -0.39 is 0 Å². The van der Waals surface area contributed by atoms with Crippen molar-refractivity contribution in [2.75, 3.05) is 0 Å². The molecule has 2 N–H and O–H groups in total. The fraction of sp³-hybridized carbons (Fsp3) is 0.800. The van der Waals surface area contributed by atoms with E-state index in [2.05, 4.69) is 20.8 Å². The minimum atomic E-state index is -0.0702. The number of fused-ring (bicyclic) bond motifs is 1. The number of thiazole rings is 1. The summed E-state index contributed by atoms with van der Waals surface area (Å²) in [4.78, 5) is 6.38. The first kappa shape index (κ1) is 12.6. The van der Waals surface area contributed by atoms with E-state index in [1.54, 1.807) is 0 Å². The molecule has 1 fully saturated rings. The normalized spacial score (nSPS) is 26.6. The minimum Gasteiger partial charge on any atom is -0.319 e. The number of rotatable bonds is 1. The van der Waals surface area contributed by atoms with Crippen molar-refractivity contribution < 1.29 is 0 Å². The first-order valence-electron chi connectivity index (χ1n) is 7.16. The van der Waals surface area contributed by atoms with Gasteiger partial charge in [0.15, 0.2) is 0 Å². The maximum absolute atomic E-state index is 6.40. The van der Waals surface area contributed by atoms with Crippen LogP contribution in [0.15, 0.2) is 0 Å². The van der Waals surface area contributed by atoms with Gasteiger partial charge >= 0.3 is 0 Å². The molecule has 2 aliphatic rings. The van der Waals surface area contributed by atoms with Crippen LogP contribution in [0.1, 0.15) is 62.0 Å². The van der Waals surface area contributed by atoms with Crippen molar-refractivity contribution >= 4 is 11.3 Å². The zero-order chi connectivity index (χ0) is 13.0. The third-order valence-corrected chi connectivity index (χ3v) is 6.18. The molecule has 0 aromatic carbocycles. The minimum absolute atomic E-state index is 0.0702. The molecule has 1 saturated carbocycles. The maximum atomic E-state index is 6.40. The summed E-state index contributed by atoms with van der Waals surface area (Å²) in [6.45, 7) is 7.09. The van der Waals surface area contributed by atoms with Gasteiger partial charge in [0, 0.05) is 4.88 Å². The monoisotopic (exact) mass is 264 g/mol. The van der Waals surface area contributed by atoms with E-state index in [0.717, 1.165) is 25.2 Å². The van der Waals surface area contributed by atoms with Gasteiger partial charge in [-0.05, 0) is 49.9 Å². The topological polar surface area (TPSA) is 38.9 Å². The van der Waals surface area contributed by atoms with E-state index in [1.165, 1.54) is 34.8 Å². The number of nitrogens with two attached hydrogens (primary N) is 1. The molecule has 2 aliphatic carbocycles. The Morgan fingerprint density at radius 3 is 2.61 bits per heavy atom. The molecular weight excluding hydrogens is 240 g/mol. The number of hydrogen-bond acceptors (Lipinski definition) is 3. The lowest BCUT2D eigenvalue weighted by Gasteiger charge is -2.35. The second-order valence-corrected chi connectivity index (χ2v) is 8.29. The highest BCUT2D eigenvalue weighted by molar-refractivity contribution is 7.11. The number of aryl methyl sites for hydroxylation is 1. The molecule has 0 amide bonds. The molecule has 18 heavy (non-hydrogen) atoms. The molecule has 1 unspecified atom stereocenters. The van der Waals surface area contributed by atoms with Crippen molar-refractivity contribution in [1.82, 2.24) is 4.98 Å². The van der Waals surface area contributed by atoms with Crippen molar-refractivity contribution in [3.63, 3.8) is 0 Å². The van der Waals surface area contributed by atoms with Crippen LogP contribution in [0.3, 0.4) is 0 Å². The molecule has 0 saturated heterocycles. The lowest BCUT2D eigenvalue weighted by atomic mass is 9.73. The summed E-state index contributed by atoms with van der Waals surface area (Å²) in [6.07, 6.45) is 7.18. The highest BCUT2D eigenvalue weighted by atomic mass is 32.1. The maximum Gasteiger partial charge on any atom is 0.113 e. The Morgan fingerprint density at radius 2 is 2.06 bits per heavy atom. The van der Waals surface area contributed by atoms with Crippen LogP contribution in [0.25, 0.3) is 0 Å². The Balaban J connectivity index is 1.84. The van der Waals surface area contributed by atoms with Crippen LogP contribution in [0.5, 0.6) is 0 Å². The van der Waals surface area contributed by atoms with Crippen molar-refractivity contribution in [3.05, 3.63) is 15.6 Å². The first-order chi connectivity index (χ1) is 8.38. The van der Waals surface area contributed by atoms with E-state index >= 15 is 0 Å². The predicted molar refractivity (Wildman–Crippen MR) is 76.8 cm³/mol. The van der Waals surface area contributed by atoms with E-state index in [1.807, 2.05) is 11.3 Å². The number of nitrogens with zero attached hydrogens (tertiary/aromatic N) is 1. The van der Waals surface area contributed by atoms with Crippen LogP contribution in [0.2, 0.25) is 0 Å². The van der Waals surface area contributed by atoms with Gasteiger partial charge in [0.05, 0.1) is 11.2 Å². The molecule has 0 radical (unpaired) electrons. The molecule has 0 bridgehead atoms. The largest absolute Gasteiger partial charge is 0.319 e. The molecule has 2 nitrogen and oxygen atoms in total. The molecule has 1 aromatic rings. The van der Waals surface area contributed by atoms with Gasteiger partial charge in [-0.25, -0.2) is 4.98 Å². The van der Waals surface area contributed by atoms with Gasteiger partial charge < -0.3 is 5.73 Å². The Kier molecular flexibility index (Phi) is 2.83. The third-order valence-electron chi connectivity index (χ3n) is 4.84. The molecule has 0 aliphatic heterocycles. The van der Waals surface area contributed by atoms with Gasteiger partial charge in [0.2, 0.25) is 0 Å². The molecule has 1 aromatic heterocycles. The van der Waals surface area contributed by atoms with Crippen molar-refractivity contribution in [2.45, 2.75) is 64.8 Å². The van der Waals surface area contributed by atoms with Crippen molar-refractivity contribution in [1.29, 1.82) is 0 Å². The Bertz CT molecular complexity index is 452. The summed E-state index contributed by atoms with van der Waals surface area (Å²) < 4.78 is 0. The average Bonchev–Trinajstić information content (AvgIpc) is 2.67. The molecule has 3 heteroatoms. The van der Waals surface area contributed by atoms with E-state index in [-0.39, 0.29) is 5.54 Å². The van der Waals surface area contributed by atoms with E-state index in [0.29, 0.717) is 5.41 Å². The molecule has 1 atom stereocenters. The van der Waals surface area contributed by atoms with Crippen LogP contribution in [-0.4, -0.2) is 4.98 Å². The number of hydrogen-bond donors (Lipinski definition) is 1.